The van der Waals surface area contributed by atoms with Crippen LogP contribution in [0.4, 0.5) is 0 Å². The van der Waals surface area contributed by atoms with Gasteiger partial charge in [0.15, 0.2) is 0 Å². The Morgan fingerprint density at radius 1 is 1.25 bits per heavy atom. The van der Waals surface area contributed by atoms with Gasteiger partial charge >= 0.3 is 0 Å². The van der Waals surface area contributed by atoms with E-state index in [1.54, 1.807) is 19.4 Å². The van der Waals surface area contributed by atoms with E-state index in [0.717, 1.165) is 11.1 Å². The van der Waals surface area contributed by atoms with Gasteiger partial charge in [-0.2, -0.15) is 0 Å². The molecule has 0 saturated carbocycles. The number of ether oxygens (including phenoxy) is 1. The van der Waals surface area contributed by atoms with Crippen LogP contribution in [0.2, 0.25) is 0 Å². The molecule has 0 aliphatic carbocycles. The number of nitrogens with one attached hydrogen (secondary N) is 1. The number of methoxy groups -OCH3 is 1. The van der Waals surface area contributed by atoms with Crippen molar-refractivity contribution < 1.29 is 19.3 Å². The second-order valence-electron chi connectivity index (χ2n) is 5.66. The molecule has 0 saturated heterocycles. The third-order valence-corrected chi connectivity index (χ3v) is 5.34. The SMILES string of the molecule is COc1cc(CNCC(O)CP(=O)(O)Cc2ccccc2)ccn1. The molecule has 24 heavy (non-hydrogen) atoms. The number of nitrogens with zero attached hydrogens (tertiary/aromatic N) is 1. The number of pyridine rings is 1. The van der Waals surface area contributed by atoms with Gasteiger partial charge in [-0.3, -0.25) is 4.57 Å². The minimum absolute atomic E-state index is 0.0758. The molecule has 0 spiro atoms. The third-order valence-electron chi connectivity index (χ3n) is 3.49. The molecule has 0 amide bonds. The first-order chi connectivity index (χ1) is 11.5. The number of aliphatic hydroxyl groups excluding tert-OH is 1. The van der Waals surface area contributed by atoms with Gasteiger partial charge < -0.3 is 20.1 Å². The van der Waals surface area contributed by atoms with Crippen LogP contribution in [-0.4, -0.2) is 40.9 Å². The Bertz CT molecular complexity index is 681. The van der Waals surface area contributed by atoms with Crippen molar-refractivity contribution >= 4 is 7.37 Å². The molecule has 7 heteroatoms. The van der Waals surface area contributed by atoms with E-state index in [2.05, 4.69) is 10.3 Å². The van der Waals surface area contributed by atoms with E-state index in [0.29, 0.717) is 12.4 Å². The van der Waals surface area contributed by atoms with E-state index >= 15 is 0 Å². The van der Waals surface area contributed by atoms with E-state index in [1.807, 2.05) is 36.4 Å². The molecule has 2 aromatic rings. The van der Waals surface area contributed by atoms with Gasteiger partial charge in [-0.15, -0.1) is 0 Å². The minimum Gasteiger partial charge on any atom is -0.481 e. The van der Waals surface area contributed by atoms with Gasteiger partial charge in [0.2, 0.25) is 13.2 Å². The molecule has 0 bridgehead atoms. The summed E-state index contributed by atoms with van der Waals surface area (Å²) in [6.07, 6.45) is 0.711. The molecule has 0 aliphatic rings. The average Bonchev–Trinajstić information content (AvgIpc) is 2.55. The molecule has 1 aromatic carbocycles. The van der Waals surface area contributed by atoms with Crippen LogP contribution in [0.1, 0.15) is 11.1 Å². The Kier molecular flexibility index (Phi) is 6.94. The predicted molar refractivity (Wildman–Crippen MR) is 93.3 cm³/mol. The molecule has 0 aliphatic heterocycles. The van der Waals surface area contributed by atoms with E-state index in [4.69, 9.17) is 4.74 Å². The van der Waals surface area contributed by atoms with Gasteiger partial charge in [0.1, 0.15) is 0 Å². The van der Waals surface area contributed by atoms with Crippen molar-refractivity contribution in [2.24, 2.45) is 0 Å². The molecule has 2 atom stereocenters. The molecule has 0 fully saturated rings. The largest absolute Gasteiger partial charge is 0.481 e. The Labute approximate surface area is 142 Å². The highest BCUT2D eigenvalue weighted by Gasteiger charge is 2.23. The van der Waals surface area contributed by atoms with Gasteiger partial charge in [-0.25, -0.2) is 4.98 Å². The molecule has 2 unspecified atom stereocenters. The van der Waals surface area contributed by atoms with E-state index < -0.39 is 13.5 Å². The van der Waals surface area contributed by atoms with Crippen molar-refractivity contribution in [3.63, 3.8) is 0 Å². The Morgan fingerprint density at radius 2 is 2.00 bits per heavy atom. The number of aromatic nitrogens is 1. The maximum atomic E-state index is 12.3. The molecule has 130 valence electrons. The summed E-state index contributed by atoms with van der Waals surface area (Å²) in [5.41, 5.74) is 1.76. The van der Waals surface area contributed by atoms with Crippen molar-refractivity contribution in [2.45, 2.75) is 18.8 Å². The van der Waals surface area contributed by atoms with Gasteiger partial charge in [0.05, 0.1) is 19.4 Å². The van der Waals surface area contributed by atoms with Crippen LogP contribution < -0.4 is 10.1 Å². The lowest BCUT2D eigenvalue weighted by atomic mass is 10.2. The molecule has 0 radical (unpaired) electrons. The molecular weight excluding hydrogens is 327 g/mol. The predicted octanol–water partition coefficient (Wildman–Crippen LogP) is 2.01. The smallest absolute Gasteiger partial charge is 0.213 e. The standard InChI is InChI=1S/C17H23N2O4P/c1-23-17-9-15(7-8-19-17)10-18-11-16(20)13-24(21,22)12-14-5-3-2-4-6-14/h2-9,16,18,20H,10-13H2,1H3,(H,21,22). The molecular formula is C17H23N2O4P. The van der Waals surface area contributed by atoms with E-state index in [1.165, 1.54) is 0 Å². The fraction of sp³-hybridized carbons (Fsp3) is 0.353. The minimum atomic E-state index is -3.42. The zero-order valence-corrected chi connectivity index (χ0v) is 14.5. The first-order valence-corrected chi connectivity index (χ1v) is 9.74. The summed E-state index contributed by atoms with van der Waals surface area (Å²) in [6.45, 7) is 0.758. The maximum Gasteiger partial charge on any atom is 0.213 e. The molecule has 3 N–H and O–H groups in total. The monoisotopic (exact) mass is 350 g/mol. The van der Waals surface area contributed by atoms with Crippen LogP contribution in [0.15, 0.2) is 48.7 Å². The third kappa shape index (κ3) is 6.42. The fourth-order valence-electron chi connectivity index (χ4n) is 2.38. The van der Waals surface area contributed by atoms with Crippen LogP contribution in [-0.2, 0) is 17.3 Å². The first-order valence-electron chi connectivity index (χ1n) is 7.71. The van der Waals surface area contributed by atoms with Gasteiger partial charge in [-0.05, 0) is 17.2 Å². The highest BCUT2D eigenvalue weighted by atomic mass is 31.2. The summed E-state index contributed by atoms with van der Waals surface area (Å²) >= 11 is 0. The summed E-state index contributed by atoms with van der Waals surface area (Å²) in [7, 11) is -1.86. The highest BCUT2D eigenvalue weighted by molar-refractivity contribution is 7.57. The Hall–Kier alpha value is -1.72. The first kappa shape index (κ1) is 18.6. The maximum absolute atomic E-state index is 12.3. The second-order valence-corrected chi connectivity index (χ2v) is 8.04. The summed E-state index contributed by atoms with van der Waals surface area (Å²) in [6, 6.07) is 12.8. The van der Waals surface area contributed by atoms with Crippen molar-refractivity contribution in [3.8, 4) is 5.88 Å². The van der Waals surface area contributed by atoms with Crippen LogP contribution in [0.5, 0.6) is 5.88 Å². The number of benzene rings is 1. The van der Waals surface area contributed by atoms with Gasteiger partial charge in [0, 0.05) is 31.5 Å². The molecule has 1 aromatic heterocycles. The summed E-state index contributed by atoms with van der Waals surface area (Å²) in [4.78, 5) is 14.1. The fourth-order valence-corrected chi connectivity index (χ4v) is 4.08. The Morgan fingerprint density at radius 3 is 2.71 bits per heavy atom. The molecule has 1 heterocycles. The zero-order valence-electron chi connectivity index (χ0n) is 13.6. The number of rotatable bonds is 9. The van der Waals surface area contributed by atoms with Crippen LogP contribution in [0.3, 0.4) is 0 Å². The number of hydrogen-bond donors (Lipinski definition) is 3. The van der Waals surface area contributed by atoms with Gasteiger partial charge in [0.25, 0.3) is 0 Å². The van der Waals surface area contributed by atoms with E-state index in [9.17, 15) is 14.6 Å². The van der Waals surface area contributed by atoms with Crippen molar-refractivity contribution in [1.82, 2.24) is 10.3 Å². The second kappa shape index (κ2) is 8.94. The Balaban J connectivity index is 1.77. The summed E-state index contributed by atoms with van der Waals surface area (Å²) in [5, 5.41) is 13.1. The van der Waals surface area contributed by atoms with Crippen LogP contribution in [0, 0.1) is 0 Å². The lowest BCUT2D eigenvalue weighted by Gasteiger charge is -2.17. The number of hydrogen-bond acceptors (Lipinski definition) is 5. The van der Waals surface area contributed by atoms with Gasteiger partial charge in [-0.1, -0.05) is 30.3 Å². The van der Waals surface area contributed by atoms with Crippen LogP contribution in [0.25, 0.3) is 0 Å². The summed E-state index contributed by atoms with van der Waals surface area (Å²) in [5.74, 6) is 0.526. The molecule has 2 rings (SSSR count). The lowest BCUT2D eigenvalue weighted by molar-refractivity contribution is 0.190. The summed E-state index contributed by atoms with van der Waals surface area (Å²) < 4.78 is 17.3. The molecule has 6 nitrogen and oxygen atoms in total. The topological polar surface area (TPSA) is 91.7 Å². The lowest BCUT2D eigenvalue weighted by Crippen LogP contribution is -2.29. The number of aliphatic hydroxyl groups is 1. The normalized spacial score (nSPS) is 14.8. The average molecular weight is 350 g/mol. The quantitative estimate of drug-likeness (QED) is 0.599. The van der Waals surface area contributed by atoms with Crippen LogP contribution >= 0.6 is 7.37 Å². The zero-order chi connectivity index (χ0) is 17.4. The van der Waals surface area contributed by atoms with Crippen molar-refractivity contribution in [3.05, 3.63) is 59.8 Å². The van der Waals surface area contributed by atoms with Crippen molar-refractivity contribution in [1.29, 1.82) is 0 Å². The van der Waals surface area contributed by atoms with Crippen molar-refractivity contribution in [2.75, 3.05) is 19.8 Å². The van der Waals surface area contributed by atoms with E-state index in [-0.39, 0.29) is 18.9 Å². The highest BCUT2D eigenvalue weighted by Crippen LogP contribution is 2.44.